The topological polar surface area (TPSA) is 98.8 Å². The number of rotatable bonds is 11. The Labute approximate surface area is 160 Å². The molecule has 27 heavy (non-hydrogen) atoms. The lowest BCUT2D eigenvalue weighted by molar-refractivity contribution is 0.0997. The van der Waals surface area contributed by atoms with Crippen LogP contribution in [0, 0.1) is 0 Å². The third kappa shape index (κ3) is 6.27. The fourth-order valence-corrected chi connectivity index (χ4v) is 2.98. The van der Waals surface area contributed by atoms with Crippen molar-refractivity contribution < 1.29 is 15.0 Å². The lowest BCUT2D eigenvalue weighted by Crippen LogP contribution is -2.26. The van der Waals surface area contributed by atoms with Gasteiger partial charge in [-0.1, -0.05) is 24.3 Å². The molecule has 2 aromatic carbocycles. The van der Waals surface area contributed by atoms with Crippen molar-refractivity contribution in [3.8, 4) is 5.75 Å². The zero-order valence-corrected chi connectivity index (χ0v) is 15.8. The minimum Gasteiger partial charge on any atom is -0.507 e. The summed E-state index contributed by atoms with van der Waals surface area (Å²) >= 11 is 0. The van der Waals surface area contributed by atoms with Crippen LogP contribution in [0.1, 0.15) is 41.8 Å². The average molecular weight is 371 g/mol. The molecular formula is C21H29N3O3. The van der Waals surface area contributed by atoms with Crippen LogP contribution in [0.15, 0.2) is 48.5 Å². The lowest BCUT2D eigenvalue weighted by atomic mass is 10.0. The Morgan fingerprint density at radius 3 is 2.59 bits per heavy atom. The van der Waals surface area contributed by atoms with Crippen LogP contribution in [-0.4, -0.2) is 42.3 Å². The van der Waals surface area contributed by atoms with Gasteiger partial charge in [-0.15, -0.1) is 0 Å². The van der Waals surface area contributed by atoms with Crippen molar-refractivity contribution in [3.63, 3.8) is 0 Å². The number of primary amides is 1. The number of nitrogens with one attached hydrogen (secondary N) is 1. The molecule has 0 bridgehead atoms. The molecule has 1 amide bonds. The summed E-state index contributed by atoms with van der Waals surface area (Å²) in [6, 6.07) is 14.8. The number of hydrogen-bond donors (Lipinski definition) is 4. The van der Waals surface area contributed by atoms with Crippen LogP contribution in [0.5, 0.6) is 5.75 Å². The van der Waals surface area contributed by atoms with Gasteiger partial charge in [-0.05, 0) is 56.1 Å². The highest BCUT2D eigenvalue weighted by molar-refractivity contribution is 5.95. The summed E-state index contributed by atoms with van der Waals surface area (Å²) in [5, 5.41) is 23.1. The van der Waals surface area contributed by atoms with E-state index in [1.54, 1.807) is 6.07 Å². The van der Waals surface area contributed by atoms with Crippen molar-refractivity contribution in [1.82, 2.24) is 5.32 Å². The van der Waals surface area contributed by atoms with Gasteiger partial charge >= 0.3 is 0 Å². The first-order chi connectivity index (χ1) is 13.0. The summed E-state index contributed by atoms with van der Waals surface area (Å²) in [7, 11) is 0. The van der Waals surface area contributed by atoms with E-state index < -0.39 is 12.0 Å². The second-order valence-electron chi connectivity index (χ2n) is 6.48. The summed E-state index contributed by atoms with van der Waals surface area (Å²) < 4.78 is 0. The molecule has 5 N–H and O–H groups in total. The molecule has 0 heterocycles. The second kappa shape index (κ2) is 10.5. The molecule has 0 saturated carbocycles. The van der Waals surface area contributed by atoms with Gasteiger partial charge in [0, 0.05) is 25.3 Å². The average Bonchev–Trinajstić information content (AvgIpc) is 2.68. The highest BCUT2D eigenvalue weighted by atomic mass is 16.3. The van der Waals surface area contributed by atoms with E-state index in [-0.39, 0.29) is 11.3 Å². The molecule has 6 nitrogen and oxygen atoms in total. The number of anilines is 1. The van der Waals surface area contributed by atoms with Crippen LogP contribution in [0.4, 0.5) is 5.69 Å². The Morgan fingerprint density at radius 1 is 1.19 bits per heavy atom. The van der Waals surface area contributed by atoms with Crippen molar-refractivity contribution in [2.75, 3.05) is 31.1 Å². The molecule has 146 valence electrons. The quantitative estimate of drug-likeness (QED) is 0.455. The molecule has 0 aromatic heterocycles. The monoisotopic (exact) mass is 371 g/mol. The predicted octanol–water partition coefficient (Wildman–Crippen LogP) is 2.42. The summed E-state index contributed by atoms with van der Waals surface area (Å²) in [4.78, 5) is 13.6. The zero-order valence-electron chi connectivity index (χ0n) is 15.8. The molecule has 2 rings (SSSR count). The minimum absolute atomic E-state index is 0.0205. The molecule has 1 atom stereocenters. The van der Waals surface area contributed by atoms with Crippen LogP contribution in [-0.2, 0) is 0 Å². The predicted molar refractivity (Wildman–Crippen MR) is 108 cm³/mol. The first kappa shape index (κ1) is 20.7. The molecule has 0 fully saturated rings. The molecule has 2 aromatic rings. The van der Waals surface area contributed by atoms with E-state index >= 15 is 0 Å². The first-order valence-electron chi connectivity index (χ1n) is 9.34. The third-order valence-corrected chi connectivity index (χ3v) is 4.54. The molecule has 6 heteroatoms. The number of unbranched alkanes of at least 4 members (excludes halogenated alkanes) is 1. The van der Waals surface area contributed by atoms with E-state index in [4.69, 9.17) is 5.73 Å². The standard InChI is InChI=1S/C21H29N3O3/c1-2-24(17-8-4-3-5-9-17)13-7-6-12-23-15-20(26)16-10-11-19(25)18(14-16)21(22)27/h3-5,8-11,14,20,23,25-26H,2,6-7,12-13,15H2,1H3,(H2,22,27). The molecule has 0 saturated heterocycles. The van der Waals surface area contributed by atoms with Gasteiger partial charge in [0.1, 0.15) is 5.75 Å². The van der Waals surface area contributed by atoms with Crippen molar-refractivity contribution in [3.05, 3.63) is 59.7 Å². The molecule has 0 aliphatic rings. The Hall–Kier alpha value is -2.57. The number of hydrogen-bond acceptors (Lipinski definition) is 5. The van der Waals surface area contributed by atoms with Gasteiger partial charge in [0.05, 0.1) is 11.7 Å². The van der Waals surface area contributed by atoms with E-state index in [1.165, 1.54) is 17.8 Å². The van der Waals surface area contributed by atoms with Crippen LogP contribution < -0.4 is 16.0 Å². The summed E-state index contributed by atoms with van der Waals surface area (Å²) in [5.74, 6) is -0.890. The maximum absolute atomic E-state index is 11.3. The van der Waals surface area contributed by atoms with E-state index in [2.05, 4.69) is 29.3 Å². The van der Waals surface area contributed by atoms with Crippen LogP contribution in [0.3, 0.4) is 0 Å². The highest BCUT2D eigenvalue weighted by Crippen LogP contribution is 2.22. The molecular weight excluding hydrogens is 342 g/mol. The Balaban J connectivity index is 1.71. The maximum atomic E-state index is 11.3. The van der Waals surface area contributed by atoms with Crippen LogP contribution >= 0.6 is 0 Å². The van der Waals surface area contributed by atoms with Crippen molar-refractivity contribution in [2.45, 2.75) is 25.9 Å². The van der Waals surface area contributed by atoms with E-state index in [0.29, 0.717) is 12.1 Å². The van der Waals surface area contributed by atoms with Gasteiger partial charge in [0.2, 0.25) is 0 Å². The van der Waals surface area contributed by atoms with E-state index in [1.807, 2.05) is 18.2 Å². The van der Waals surface area contributed by atoms with Gasteiger partial charge < -0.3 is 26.2 Å². The normalized spacial score (nSPS) is 11.9. The van der Waals surface area contributed by atoms with Gasteiger partial charge in [-0.2, -0.15) is 0 Å². The van der Waals surface area contributed by atoms with Crippen molar-refractivity contribution in [1.29, 1.82) is 0 Å². The maximum Gasteiger partial charge on any atom is 0.252 e. The third-order valence-electron chi connectivity index (χ3n) is 4.54. The van der Waals surface area contributed by atoms with Crippen molar-refractivity contribution in [2.24, 2.45) is 5.73 Å². The lowest BCUT2D eigenvalue weighted by Gasteiger charge is -2.23. The number of aliphatic hydroxyl groups is 1. The number of aromatic hydroxyl groups is 1. The Bertz CT molecular complexity index is 722. The highest BCUT2D eigenvalue weighted by Gasteiger charge is 2.13. The number of nitrogens with two attached hydrogens (primary N) is 1. The summed E-state index contributed by atoms with van der Waals surface area (Å²) in [5.41, 5.74) is 7.03. The second-order valence-corrected chi connectivity index (χ2v) is 6.48. The molecule has 0 aliphatic carbocycles. The van der Waals surface area contributed by atoms with Crippen LogP contribution in [0.25, 0.3) is 0 Å². The van der Waals surface area contributed by atoms with Gasteiger partial charge in [-0.25, -0.2) is 0 Å². The number of amides is 1. The summed E-state index contributed by atoms with van der Waals surface area (Å²) in [6.07, 6.45) is 1.29. The zero-order chi connectivity index (χ0) is 19.6. The number of carbonyl (C=O) groups is 1. The number of para-hydroxylation sites is 1. The number of benzene rings is 2. The van der Waals surface area contributed by atoms with Crippen LogP contribution in [0.2, 0.25) is 0 Å². The fraction of sp³-hybridized carbons (Fsp3) is 0.381. The van der Waals surface area contributed by atoms with Gasteiger partial charge in [0.25, 0.3) is 5.91 Å². The Morgan fingerprint density at radius 2 is 1.93 bits per heavy atom. The summed E-state index contributed by atoms with van der Waals surface area (Å²) in [6.45, 7) is 5.28. The molecule has 0 spiro atoms. The number of nitrogens with zero attached hydrogens (tertiary/aromatic N) is 1. The number of carbonyl (C=O) groups excluding carboxylic acids is 1. The molecule has 0 aliphatic heterocycles. The fourth-order valence-electron chi connectivity index (χ4n) is 2.98. The molecule has 0 radical (unpaired) electrons. The van der Waals surface area contributed by atoms with E-state index in [9.17, 15) is 15.0 Å². The van der Waals surface area contributed by atoms with E-state index in [0.717, 1.165) is 32.5 Å². The smallest absolute Gasteiger partial charge is 0.252 e. The number of phenols is 1. The SMILES string of the molecule is CCN(CCCCNCC(O)c1ccc(O)c(C(N)=O)c1)c1ccccc1. The molecule has 1 unspecified atom stereocenters. The largest absolute Gasteiger partial charge is 0.507 e. The van der Waals surface area contributed by atoms with Crippen molar-refractivity contribution >= 4 is 11.6 Å². The van der Waals surface area contributed by atoms with Gasteiger partial charge in [0.15, 0.2) is 0 Å². The first-order valence-corrected chi connectivity index (χ1v) is 9.34. The minimum atomic E-state index is -0.764. The number of aliphatic hydroxyl groups excluding tert-OH is 1. The Kier molecular flexibility index (Phi) is 8.10. The van der Waals surface area contributed by atoms with Gasteiger partial charge in [-0.3, -0.25) is 4.79 Å².